The van der Waals surface area contributed by atoms with E-state index in [9.17, 15) is 8.42 Å². The van der Waals surface area contributed by atoms with Crippen molar-refractivity contribution >= 4 is 37.3 Å². The minimum Gasteiger partial charge on any atom is -0.263 e. The Bertz CT molecular complexity index is 763. The highest BCUT2D eigenvalue weighted by molar-refractivity contribution is 9.09. The van der Waals surface area contributed by atoms with Gasteiger partial charge in [0, 0.05) is 11.5 Å². The molecule has 0 N–H and O–H groups in total. The van der Waals surface area contributed by atoms with Crippen LogP contribution >= 0.6 is 15.9 Å². The van der Waals surface area contributed by atoms with Crippen molar-refractivity contribution in [1.29, 1.82) is 0 Å². The Morgan fingerprint density at radius 2 is 2.04 bits per heavy atom. The monoisotopic (exact) mass is 396 g/mol. The van der Waals surface area contributed by atoms with Gasteiger partial charge in [0.15, 0.2) is 0 Å². The molecule has 0 fully saturated rings. The van der Waals surface area contributed by atoms with Crippen molar-refractivity contribution in [2.75, 3.05) is 15.9 Å². The summed E-state index contributed by atoms with van der Waals surface area (Å²) in [6, 6.07) is 9.55. The van der Waals surface area contributed by atoms with Crippen LogP contribution in [0.2, 0.25) is 0 Å². The van der Waals surface area contributed by atoms with Crippen LogP contribution in [0, 0.1) is 0 Å². The van der Waals surface area contributed by atoms with Crippen LogP contribution in [0.15, 0.2) is 42.7 Å². The van der Waals surface area contributed by atoms with Gasteiger partial charge in [-0.05, 0) is 41.7 Å². The van der Waals surface area contributed by atoms with Crippen LogP contribution in [-0.2, 0) is 16.4 Å². The molecule has 0 amide bonds. The van der Waals surface area contributed by atoms with Gasteiger partial charge in [0.2, 0.25) is 10.0 Å². The SMILES string of the molecule is CCc1ccc(C(C)CBr)cc1N(c1cccnc1)S(C)(=O)=O. The van der Waals surface area contributed by atoms with Gasteiger partial charge >= 0.3 is 0 Å². The number of pyridine rings is 1. The number of hydrogen-bond donors (Lipinski definition) is 0. The molecule has 1 unspecified atom stereocenters. The Hall–Kier alpha value is -1.40. The highest BCUT2D eigenvalue weighted by Crippen LogP contribution is 2.34. The molecule has 1 atom stereocenters. The second-order valence-electron chi connectivity index (χ2n) is 5.54. The fraction of sp³-hybridized carbons (Fsp3) is 0.353. The van der Waals surface area contributed by atoms with Crippen molar-refractivity contribution in [3.8, 4) is 0 Å². The molecule has 23 heavy (non-hydrogen) atoms. The minimum atomic E-state index is -3.47. The maximum Gasteiger partial charge on any atom is 0.236 e. The smallest absolute Gasteiger partial charge is 0.236 e. The lowest BCUT2D eigenvalue weighted by Gasteiger charge is -2.26. The first-order valence-corrected chi connectivity index (χ1v) is 10.4. The predicted octanol–water partition coefficient (Wildman–Crippen LogP) is 4.24. The van der Waals surface area contributed by atoms with Crippen LogP contribution in [0.4, 0.5) is 11.4 Å². The first kappa shape index (κ1) is 17.9. The highest BCUT2D eigenvalue weighted by atomic mass is 79.9. The lowest BCUT2D eigenvalue weighted by molar-refractivity contribution is 0.602. The summed E-state index contributed by atoms with van der Waals surface area (Å²) in [5.74, 6) is 0.301. The summed E-state index contributed by atoms with van der Waals surface area (Å²) in [6.45, 7) is 4.13. The van der Waals surface area contributed by atoms with Crippen molar-refractivity contribution in [3.63, 3.8) is 0 Å². The lowest BCUT2D eigenvalue weighted by Crippen LogP contribution is -2.26. The Morgan fingerprint density at radius 1 is 1.30 bits per heavy atom. The van der Waals surface area contributed by atoms with Gasteiger partial charge in [0.25, 0.3) is 0 Å². The van der Waals surface area contributed by atoms with E-state index in [1.807, 2.05) is 19.1 Å². The van der Waals surface area contributed by atoms with Gasteiger partial charge in [-0.15, -0.1) is 0 Å². The minimum absolute atomic E-state index is 0.301. The summed E-state index contributed by atoms with van der Waals surface area (Å²) in [5, 5.41) is 0.823. The molecule has 0 spiro atoms. The molecule has 0 radical (unpaired) electrons. The largest absolute Gasteiger partial charge is 0.263 e. The van der Waals surface area contributed by atoms with Gasteiger partial charge in [-0.25, -0.2) is 12.7 Å². The molecule has 0 aliphatic rings. The Balaban J connectivity index is 2.67. The maximum absolute atomic E-state index is 12.4. The number of rotatable bonds is 6. The van der Waals surface area contributed by atoms with Crippen molar-refractivity contribution in [2.24, 2.45) is 0 Å². The number of sulfonamides is 1. The fourth-order valence-corrected chi connectivity index (χ4v) is 3.84. The van der Waals surface area contributed by atoms with Gasteiger partial charge in [-0.3, -0.25) is 4.98 Å². The molecule has 4 nitrogen and oxygen atoms in total. The van der Waals surface area contributed by atoms with Gasteiger partial charge in [-0.1, -0.05) is 41.9 Å². The normalized spacial score (nSPS) is 12.9. The number of aryl methyl sites for hydroxylation is 1. The summed E-state index contributed by atoms with van der Waals surface area (Å²) < 4.78 is 26.3. The number of benzene rings is 1. The topological polar surface area (TPSA) is 50.3 Å². The van der Waals surface area contributed by atoms with E-state index in [2.05, 4.69) is 33.9 Å². The molecule has 124 valence electrons. The molecule has 0 bridgehead atoms. The van der Waals surface area contributed by atoms with Crippen LogP contribution in [0.1, 0.15) is 30.9 Å². The zero-order chi connectivity index (χ0) is 17.0. The summed E-state index contributed by atoms with van der Waals surface area (Å²) >= 11 is 3.49. The Kier molecular flexibility index (Phi) is 5.81. The third-order valence-electron chi connectivity index (χ3n) is 3.72. The molecule has 0 saturated carbocycles. The first-order chi connectivity index (χ1) is 10.9. The van der Waals surface area contributed by atoms with Gasteiger partial charge in [0.1, 0.15) is 0 Å². The maximum atomic E-state index is 12.4. The lowest BCUT2D eigenvalue weighted by atomic mass is 9.99. The summed E-state index contributed by atoms with van der Waals surface area (Å²) in [4.78, 5) is 4.06. The van der Waals surface area contributed by atoms with E-state index in [1.54, 1.807) is 24.5 Å². The van der Waals surface area contributed by atoms with E-state index in [0.717, 1.165) is 22.9 Å². The van der Waals surface area contributed by atoms with Crippen LogP contribution in [0.25, 0.3) is 0 Å². The highest BCUT2D eigenvalue weighted by Gasteiger charge is 2.23. The number of hydrogen-bond acceptors (Lipinski definition) is 3. The quantitative estimate of drug-likeness (QED) is 0.685. The number of anilines is 2. The predicted molar refractivity (Wildman–Crippen MR) is 99.2 cm³/mol. The molecule has 2 aromatic rings. The Labute approximate surface area is 146 Å². The number of aromatic nitrogens is 1. The number of halogens is 1. The van der Waals surface area contributed by atoms with E-state index in [-0.39, 0.29) is 0 Å². The van der Waals surface area contributed by atoms with E-state index in [1.165, 1.54) is 10.6 Å². The van der Waals surface area contributed by atoms with Gasteiger partial charge in [-0.2, -0.15) is 0 Å². The molecule has 1 aromatic carbocycles. The molecular formula is C17H21BrN2O2S. The van der Waals surface area contributed by atoms with Crippen LogP contribution < -0.4 is 4.31 Å². The number of alkyl halides is 1. The molecule has 0 saturated heterocycles. The van der Waals surface area contributed by atoms with Gasteiger partial charge < -0.3 is 0 Å². The van der Waals surface area contributed by atoms with Crippen molar-refractivity contribution in [1.82, 2.24) is 4.98 Å². The van der Waals surface area contributed by atoms with E-state index < -0.39 is 10.0 Å². The molecule has 0 aliphatic carbocycles. The van der Waals surface area contributed by atoms with E-state index >= 15 is 0 Å². The standard InChI is InChI=1S/C17H21BrN2O2S/c1-4-14-7-8-15(13(2)11-18)10-17(14)20(23(3,21)22)16-6-5-9-19-12-16/h5-10,12-13H,4,11H2,1-3H3. The fourth-order valence-electron chi connectivity index (χ4n) is 2.45. The average molecular weight is 397 g/mol. The van der Waals surface area contributed by atoms with Crippen molar-refractivity contribution < 1.29 is 8.42 Å². The van der Waals surface area contributed by atoms with Crippen molar-refractivity contribution in [2.45, 2.75) is 26.2 Å². The molecule has 0 aliphatic heterocycles. The van der Waals surface area contributed by atoms with E-state index in [4.69, 9.17) is 0 Å². The van der Waals surface area contributed by atoms with Crippen LogP contribution in [-0.4, -0.2) is 25.0 Å². The molecule has 1 aromatic heterocycles. The van der Waals surface area contributed by atoms with E-state index in [0.29, 0.717) is 17.3 Å². The first-order valence-electron chi connectivity index (χ1n) is 7.47. The average Bonchev–Trinajstić information content (AvgIpc) is 2.54. The second kappa shape index (κ2) is 7.45. The molecule has 2 rings (SSSR count). The third kappa shape index (κ3) is 4.12. The molecular weight excluding hydrogens is 376 g/mol. The summed E-state index contributed by atoms with van der Waals surface area (Å²) in [7, 11) is -3.47. The second-order valence-corrected chi connectivity index (χ2v) is 8.01. The van der Waals surface area contributed by atoms with Gasteiger partial charge in [0.05, 0.1) is 23.8 Å². The van der Waals surface area contributed by atoms with Crippen LogP contribution in [0.3, 0.4) is 0 Å². The van der Waals surface area contributed by atoms with Crippen molar-refractivity contribution in [3.05, 3.63) is 53.9 Å². The zero-order valence-electron chi connectivity index (χ0n) is 13.5. The summed E-state index contributed by atoms with van der Waals surface area (Å²) in [6.07, 6.45) is 5.18. The number of nitrogens with zero attached hydrogens (tertiary/aromatic N) is 2. The van der Waals surface area contributed by atoms with Crippen LogP contribution in [0.5, 0.6) is 0 Å². The zero-order valence-corrected chi connectivity index (χ0v) is 15.9. The molecule has 6 heteroatoms. The Morgan fingerprint density at radius 3 is 2.57 bits per heavy atom. The molecule has 1 heterocycles. The third-order valence-corrected chi connectivity index (χ3v) is 5.76. The summed E-state index contributed by atoms with van der Waals surface area (Å²) in [5.41, 5.74) is 3.35.